The molecule has 0 spiro atoms. The van der Waals surface area contributed by atoms with Crippen molar-refractivity contribution in [3.8, 4) is 0 Å². The third-order valence-corrected chi connectivity index (χ3v) is 3.05. The average Bonchev–Trinajstić information content (AvgIpc) is 2.48. The molecule has 0 aliphatic carbocycles. The van der Waals surface area contributed by atoms with Crippen molar-refractivity contribution in [2.24, 2.45) is 5.11 Å². The number of ether oxygens (including phenoxy) is 3. The van der Waals surface area contributed by atoms with Crippen molar-refractivity contribution in [1.29, 1.82) is 0 Å². The van der Waals surface area contributed by atoms with E-state index in [1.807, 2.05) is 0 Å². The van der Waals surface area contributed by atoms with Crippen LogP contribution in [-0.2, 0) is 14.2 Å². The van der Waals surface area contributed by atoms with E-state index in [1.54, 1.807) is 20.8 Å². The van der Waals surface area contributed by atoms with Gasteiger partial charge in [-0.1, -0.05) is 5.11 Å². The van der Waals surface area contributed by atoms with Gasteiger partial charge >= 0.3 is 6.09 Å². The molecule has 0 aromatic carbocycles. The van der Waals surface area contributed by atoms with E-state index in [9.17, 15) is 20.1 Å². The fourth-order valence-corrected chi connectivity index (χ4v) is 1.96. The lowest BCUT2D eigenvalue weighted by Crippen LogP contribution is -2.59. The Bertz CT molecular complexity index is 464. The van der Waals surface area contributed by atoms with E-state index < -0.39 is 42.4 Å². The maximum absolute atomic E-state index is 11.5. The SMILES string of the molecule is CC(C)(C)OC(=O)NCCO[C@@H]1O[C@H](CN=[N+]=[N-])[C@H](O)[C@H](O)[C@H]1O. The van der Waals surface area contributed by atoms with Gasteiger partial charge in [0.15, 0.2) is 6.29 Å². The summed E-state index contributed by atoms with van der Waals surface area (Å²) in [5, 5.41) is 35.1. The van der Waals surface area contributed by atoms with Crippen LogP contribution in [0.1, 0.15) is 20.8 Å². The number of carbonyl (C=O) groups excluding carboxylic acids is 1. The Kier molecular flexibility index (Phi) is 7.67. The molecule has 11 heteroatoms. The van der Waals surface area contributed by atoms with Crippen LogP contribution in [0.3, 0.4) is 0 Å². The number of azide groups is 1. The van der Waals surface area contributed by atoms with Crippen LogP contribution in [0.15, 0.2) is 5.11 Å². The Morgan fingerprint density at radius 3 is 2.54 bits per heavy atom. The summed E-state index contributed by atoms with van der Waals surface area (Å²) < 4.78 is 15.6. The fourth-order valence-electron chi connectivity index (χ4n) is 1.96. The highest BCUT2D eigenvalue weighted by molar-refractivity contribution is 5.67. The first kappa shape index (κ1) is 20.4. The van der Waals surface area contributed by atoms with Gasteiger partial charge in [-0.05, 0) is 26.3 Å². The van der Waals surface area contributed by atoms with E-state index in [1.165, 1.54) is 0 Å². The van der Waals surface area contributed by atoms with Crippen molar-refractivity contribution in [3.63, 3.8) is 0 Å². The van der Waals surface area contributed by atoms with Crippen LogP contribution in [0, 0.1) is 0 Å². The van der Waals surface area contributed by atoms with Crippen LogP contribution >= 0.6 is 0 Å². The molecular weight excluding hydrogens is 324 g/mol. The number of rotatable bonds is 6. The molecule has 11 nitrogen and oxygen atoms in total. The summed E-state index contributed by atoms with van der Waals surface area (Å²) in [7, 11) is 0. The van der Waals surface area contributed by atoms with Gasteiger partial charge in [-0.3, -0.25) is 0 Å². The zero-order chi connectivity index (χ0) is 18.3. The molecule has 1 rings (SSSR count). The summed E-state index contributed by atoms with van der Waals surface area (Å²) in [5.74, 6) is 0. The summed E-state index contributed by atoms with van der Waals surface area (Å²) in [6.45, 7) is 5.01. The molecule has 138 valence electrons. The highest BCUT2D eigenvalue weighted by atomic mass is 16.7. The van der Waals surface area contributed by atoms with E-state index in [2.05, 4.69) is 15.3 Å². The lowest BCUT2D eigenvalue weighted by molar-refractivity contribution is -0.293. The van der Waals surface area contributed by atoms with Gasteiger partial charge in [0.1, 0.15) is 23.9 Å². The minimum absolute atomic E-state index is 0.0297. The van der Waals surface area contributed by atoms with E-state index in [0.717, 1.165) is 0 Å². The first-order valence-corrected chi connectivity index (χ1v) is 7.44. The van der Waals surface area contributed by atoms with Gasteiger partial charge in [0.05, 0.1) is 19.3 Å². The molecule has 1 heterocycles. The van der Waals surface area contributed by atoms with Crippen LogP contribution in [0.2, 0.25) is 0 Å². The molecule has 0 aromatic heterocycles. The molecule has 24 heavy (non-hydrogen) atoms. The fraction of sp³-hybridized carbons (Fsp3) is 0.923. The average molecular weight is 348 g/mol. The van der Waals surface area contributed by atoms with E-state index >= 15 is 0 Å². The van der Waals surface area contributed by atoms with Gasteiger partial charge in [-0.25, -0.2) is 4.79 Å². The third kappa shape index (κ3) is 6.48. The zero-order valence-corrected chi connectivity index (χ0v) is 13.8. The molecule has 0 bridgehead atoms. The molecule has 4 N–H and O–H groups in total. The van der Waals surface area contributed by atoms with Crippen molar-refractivity contribution in [2.45, 2.75) is 57.1 Å². The first-order chi connectivity index (χ1) is 11.2. The topological polar surface area (TPSA) is 166 Å². The van der Waals surface area contributed by atoms with Crippen molar-refractivity contribution in [1.82, 2.24) is 5.32 Å². The second kappa shape index (κ2) is 9.02. The van der Waals surface area contributed by atoms with E-state index in [-0.39, 0.29) is 19.7 Å². The normalized spacial score (nSPS) is 30.3. The van der Waals surface area contributed by atoms with Crippen molar-refractivity contribution in [2.75, 3.05) is 19.7 Å². The van der Waals surface area contributed by atoms with Gasteiger partial charge in [-0.15, -0.1) is 0 Å². The minimum Gasteiger partial charge on any atom is -0.444 e. The second-order valence-electron chi connectivity index (χ2n) is 6.23. The number of aliphatic hydroxyl groups excluding tert-OH is 3. The van der Waals surface area contributed by atoms with Gasteiger partial charge in [0, 0.05) is 11.5 Å². The Balaban J connectivity index is 2.42. The Morgan fingerprint density at radius 1 is 1.29 bits per heavy atom. The molecule has 1 saturated heterocycles. The molecule has 0 unspecified atom stereocenters. The number of aliphatic hydroxyl groups is 3. The summed E-state index contributed by atoms with van der Waals surface area (Å²) in [4.78, 5) is 14.0. The standard InChI is InChI=1S/C13H24N4O7/c1-13(2,3)24-12(21)15-4-5-22-11-10(20)9(19)8(18)7(23-11)6-16-17-14/h7-11,18-20H,4-6H2,1-3H3,(H,15,21)/t7-,8+,9+,10-,11-/m1/s1. The summed E-state index contributed by atoms with van der Waals surface area (Å²) in [5.41, 5.74) is 7.68. The quantitative estimate of drug-likeness (QED) is 0.220. The van der Waals surface area contributed by atoms with Crippen LogP contribution in [0.4, 0.5) is 4.79 Å². The van der Waals surface area contributed by atoms with Crippen LogP contribution < -0.4 is 5.32 Å². The van der Waals surface area contributed by atoms with Gasteiger partial charge in [0.25, 0.3) is 0 Å². The van der Waals surface area contributed by atoms with Crippen LogP contribution in [0.5, 0.6) is 0 Å². The Labute approximate surface area is 139 Å². The number of hydrogen-bond donors (Lipinski definition) is 4. The summed E-state index contributed by atoms with van der Waals surface area (Å²) in [6.07, 6.45) is -7.27. The molecule has 0 aromatic rings. The number of carbonyl (C=O) groups is 1. The summed E-state index contributed by atoms with van der Waals surface area (Å²) in [6, 6.07) is 0. The lowest BCUT2D eigenvalue weighted by Gasteiger charge is -2.39. The van der Waals surface area contributed by atoms with Crippen LogP contribution in [0.25, 0.3) is 10.4 Å². The van der Waals surface area contributed by atoms with Gasteiger partial charge < -0.3 is 34.8 Å². The molecule has 1 aliphatic rings. The predicted octanol–water partition coefficient (Wildman–Crippen LogP) is -0.354. The number of alkyl carbamates (subject to hydrolysis) is 1. The number of hydrogen-bond acceptors (Lipinski definition) is 8. The largest absolute Gasteiger partial charge is 0.444 e. The maximum atomic E-state index is 11.5. The number of nitrogens with one attached hydrogen (secondary N) is 1. The highest BCUT2D eigenvalue weighted by Crippen LogP contribution is 2.22. The van der Waals surface area contributed by atoms with E-state index in [4.69, 9.17) is 19.7 Å². The number of amides is 1. The van der Waals surface area contributed by atoms with Crippen molar-refractivity contribution in [3.05, 3.63) is 10.4 Å². The molecular formula is C13H24N4O7. The third-order valence-electron chi connectivity index (χ3n) is 3.05. The maximum Gasteiger partial charge on any atom is 0.407 e. The first-order valence-electron chi connectivity index (χ1n) is 7.44. The molecule has 5 atom stereocenters. The smallest absolute Gasteiger partial charge is 0.407 e. The predicted molar refractivity (Wildman–Crippen MR) is 80.9 cm³/mol. The second-order valence-corrected chi connectivity index (χ2v) is 6.23. The van der Waals surface area contributed by atoms with Crippen molar-refractivity contribution >= 4 is 6.09 Å². The highest BCUT2D eigenvalue weighted by Gasteiger charge is 2.43. The molecule has 0 saturated carbocycles. The molecule has 0 radical (unpaired) electrons. The molecule has 1 amide bonds. The molecule has 1 aliphatic heterocycles. The van der Waals surface area contributed by atoms with Crippen molar-refractivity contribution < 1.29 is 34.3 Å². The van der Waals surface area contributed by atoms with Gasteiger partial charge in [-0.2, -0.15) is 0 Å². The Hall–Kier alpha value is -1.62. The zero-order valence-electron chi connectivity index (χ0n) is 13.8. The van der Waals surface area contributed by atoms with Gasteiger partial charge in [0.2, 0.25) is 0 Å². The monoisotopic (exact) mass is 348 g/mol. The summed E-state index contributed by atoms with van der Waals surface area (Å²) >= 11 is 0. The van der Waals surface area contributed by atoms with E-state index in [0.29, 0.717) is 0 Å². The lowest BCUT2D eigenvalue weighted by atomic mass is 9.99. The molecule has 1 fully saturated rings. The minimum atomic E-state index is -1.51. The van der Waals surface area contributed by atoms with Crippen LogP contribution in [-0.4, -0.2) is 77.4 Å². The Morgan fingerprint density at radius 2 is 1.96 bits per heavy atom. The number of nitrogens with zero attached hydrogens (tertiary/aromatic N) is 3.